The normalized spacial score (nSPS) is 12.3. The lowest BCUT2D eigenvalue weighted by atomic mass is 10.2. The molecule has 0 saturated carbocycles. The van der Waals surface area contributed by atoms with E-state index in [-0.39, 0.29) is 6.04 Å². The Morgan fingerprint density at radius 3 is 2.95 bits per heavy atom. The molecule has 2 N–H and O–H groups in total. The number of hydrogen-bond acceptors (Lipinski definition) is 8. The van der Waals surface area contributed by atoms with Gasteiger partial charge in [0.1, 0.15) is 12.0 Å². The second-order valence-corrected chi connectivity index (χ2v) is 4.14. The van der Waals surface area contributed by atoms with Gasteiger partial charge < -0.3 is 19.7 Å². The molecule has 1 unspecified atom stereocenters. The molecule has 20 heavy (non-hydrogen) atoms. The Kier molecular flexibility index (Phi) is 4.97. The third kappa shape index (κ3) is 3.49. The molecule has 0 aliphatic carbocycles. The number of hydrogen-bond donors (Lipinski definition) is 1. The summed E-state index contributed by atoms with van der Waals surface area (Å²) < 4.78 is 15.2. The van der Waals surface area contributed by atoms with Gasteiger partial charge in [-0.25, -0.2) is 9.97 Å². The lowest BCUT2D eigenvalue weighted by molar-refractivity contribution is 0.188. The van der Waals surface area contributed by atoms with E-state index in [1.54, 1.807) is 13.2 Å². The summed E-state index contributed by atoms with van der Waals surface area (Å²) in [5, 5.41) is 3.87. The van der Waals surface area contributed by atoms with Gasteiger partial charge in [-0.1, -0.05) is 5.16 Å². The number of nitrogens with two attached hydrogens (primary N) is 1. The molecule has 2 rings (SSSR count). The maximum Gasteiger partial charge on any atom is 0.243 e. The van der Waals surface area contributed by atoms with Crippen LogP contribution in [0.25, 0.3) is 11.5 Å². The average Bonchev–Trinajstić information content (AvgIpc) is 2.97. The predicted octanol–water partition coefficient (Wildman–Crippen LogP) is 0.962. The van der Waals surface area contributed by atoms with E-state index in [0.29, 0.717) is 36.3 Å². The van der Waals surface area contributed by atoms with Crippen LogP contribution in [0.5, 0.6) is 5.88 Å². The van der Waals surface area contributed by atoms with E-state index >= 15 is 0 Å². The van der Waals surface area contributed by atoms with Gasteiger partial charge in [-0.3, -0.25) is 0 Å². The predicted molar refractivity (Wildman–Crippen MR) is 69.9 cm³/mol. The topological polar surface area (TPSA) is 109 Å². The highest BCUT2D eigenvalue weighted by atomic mass is 16.5. The fourth-order valence-corrected chi connectivity index (χ4v) is 1.63. The summed E-state index contributed by atoms with van der Waals surface area (Å²) in [5.74, 6) is 1.18. The minimum atomic E-state index is -0.310. The zero-order valence-electron chi connectivity index (χ0n) is 11.4. The molecule has 8 heteroatoms. The molecule has 0 aliphatic rings. The van der Waals surface area contributed by atoms with Gasteiger partial charge in [-0.05, 0) is 12.8 Å². The lowest BCUT2D eigenvalue weighted by Crippen LogP contribution is -2.11. The molecule has 0 saturated heterocycles. The zero-order chi connectivity index (χ0) is 14.4. The molecular weight excluding hydrogens is 262 g/mol. The number of rotatable bonds is 7. The first kappa shape index (κ1) is 14.4. The number of nitrogens with zero attached hydrogens (tertiary/aromatic N) is 4. The van der Waals surface area contributed by atoms with E-state index in [2.05, 4.69) is 20.1 Å². The number of methoxy groups -OCH3 is 2. The minimum Gasteiger partial charge on any atom is -0.481 e. The van der Waals surface area contributed by atoms with E-state index in [4.69, 9.17) is 19.7 Å². The highest BCUT2D eigenvalue weighted by Gasteiger charge is 2.16. The van der Waals surface area contributed by atoms with Crippen molar-refractivity contribution in [1.29, 1.82) is 0 Å². The monoisotopic (exact) mass is 279 g/mol. The van der Waals surface area contributed by atoms with Crippen molar-refractivity contribution in [2.75, 3.05) is 20.8 Å². The summed E-state index contributed by atoms with van der Waals surface area (Å²) in [5.41, 5.74) is 6.50. The van der Waals surface area contributed by atoms with Gasteiger partial charge in [-0.15, -0.1) is 0 Å². The average molecular weight is 279 g/mol. The second kappa shape index (κ2) is 6.92. The fourth-order valence-electron chi connectivity index (χ4n) is 1.63. The Balaban J connectivity index is 2.07. The Bertz CT molecular complexity index is 545. The highest BCUT2D eigenvalue weighted by molar-refractivity contribution is 5.49. The quantitative estimate of drug-likeness (QED) is 0.746. The van der Waals surface area contributed by atoms with Crippen molar-refractivity contribution in [3.63, 3.8) is 0 Å². The summed E-state index contributed by atoms with van der Waals surface area (Å²) >= 11 is 0. The summed E-state index contributed by atoms with van der Waals surface area (Å²) in [6.07, 6.45) is 2.92. The van der Waals surface area contributed by atoms with Crippen LogP contribution in [0.3, 0.4) is 0 Å². The van der Waals surface area contributed by atoms with Crippen LogP contribution in [0, 0.1) is 0 Å². The third-order valence-corrected chi connectivity index (χ3v) is 2.70. The highest BCUT2D eigenvalue weighted by Crippen LogP contribution is 2.20. The smallest absolute Gasteiger partial charge is 0.243 e. The third-order valence-electron chi connectivity index (χ3n) is 2.70. The van der Waals surface area contributed by atoms with Crippen LogP contribution in [0.4, 0.5) is 0 Å². The van der Waals surface area contributed by atoms with Gasteiger partial charge in [0.2, 0.25) is 17.6 Å². The van der Waals surface area contributed by atoms with E-state index in [1.165, 1.54) is 13.4 Å². The van der Waals surface area contributed by atoms with Gasteiger partial charge in [0.25, 0.3) is 0 Å². The first-order chi connectivity index (χ1) is 9.74. The van der Waals surface area contributed by atoms with Crippen molar-refractivity contribution in [2.24, 2.45) is 5.73 Å². The van der Waals surface area contributed by atoms with Gasteiger partial charge in [0.15, 0.2) is 0 Å². The SMILES string of the molecule is COCCCC(N)c1nc(-c2cc(OC)ncn2)no1. The van der Waals surface area contributed by atoms with Crippen molar-refractivity contribution < 1.29 is 14.0 Å². The van der Waals surface area contributed by atoms with E-state index < -0.39 is 0 Å². The molecule has 8 nitrogen and oxygen atoms in total. The van der Waals surface area contributed by atoms with Crippen LogP contribution in [-0.2, 0) is 4.74 Å². The van der Waals surface area contributed by atoms with Crippen molar-refractivity contribution in [3.8, 4) is 17.4 Å². The Morgan fingerprint density at radius 1 is 1.35 bits per heavy atom. The molecule has 108 valence electrons. The maximum absolute atomic E-state index is 5.97. The van der Waals surface area contributed by atoms with Crippen LogP contribution in [-0.4, -0.2) is 40.9 Å². The Morgan fingerprint density at radius 2 is 2.20 bits per heavy atom. The molecule has 0 amide bonds. The van der Waals surface area contributed by atoms with Gasteiger partial charge in [0.05, 0.1) is 13.2 Å². The van der Waals surface area contributed by atoms with E-state index in [1.807, 2.05) is 0 Å². The van der Waals surface area contributed by atoms with E-state index in [0.717, 1.165) is 6.42 Å². The number of aromatic nitrogens is 4. The van der Waals surface area contributed by atoms with Gasteiger partial charge in [-0.2, -0.15) is 4.98 Å². The lowest BCUT2D eigenvalue weighted by Gasteiger charge is -2.04. The molecule has 2 aromatic heterocycles. The van der Waals surface area contributed by atoms with Crippen LogP contribution in [0.2, 0.25) is 0 Å². The molecule has 0 bridgehead atoms. The number of ether oxygens (including phenoxy) is 2. The molecule has 2 heterocycles. The molecule has 0 spiro atoms. The van der Waals surface area contributed by atoms with Crippen LogP contribution < -0.4 is 10.5 Å². The van der Waals surface area contributed by atoms with Crippen LogP contribution in [0.15, 0.2) is 16.9 Å². The van der Waals surface area contributed by atoms with Crippen LogP contribution in [0.1, 0.15) is 24.8 Å². The van der Waals surface area contributed by atoms with Crippen LogP contribution >= 0.6 is 0 Å². The Hall–Kier alpha value is -2.06. The maximum atomic E-state index is 5.97. The molecule has 0 fully saturated rings. The molecule has 0 aromatic carbocycles. The largest absolute Gasteiger partial charge is 0.481 e. The summed E-state index contributed by atoms with van der Waals surface area (Å²) in [6, 6.07) is 1.32. The first-order valence-electron chi connectivity index (χ1n) is 6.19. The van der Waals surface area contributed by atoms with Gasteiger partial charge in [0, 0.05) is 19.8 Å². The van der Waals surface area contributed by atoms with E-state index in [9.17, 15) is 0 Å². The van der Waals surface area contributed by atoms with Crippen molar-refractivity contribution in [3.05, 3.63) is 18.3 Å². The second-order valence-electron chi connectivity index (χ2n) is 4.14. The van der Waals surface area contributed by atoms with Gasteiger partial charge >= 0.3 is 0 Å². The standard InChI is InChI=1S/C12H17N5O3/c1-18-5-3-4-8(13)12-16-11(17-20-12)9-6-10(19-2)15-7-14-9/h6-8H,3-5,13H2,1-2H3. The minimum absolute atomic E-state index is 0.310. The fraction of sp³-hybridized carbons (Fsp3) is 0.500. The molecule has 1 atom stereocenters. The molecule has 0 aliphatic heterocycles. The Labute approximate surface area is 116 Å². The summed E-state index contributed by atoms with van der Waals surface area (Å²) in [6.45, 7) is 0.651. The summed E-state index contributed by atoms with van der Waals surface area (Å²) in [4.78, 5) is 12.2. The van der Waals surface area contributed by atoms with Crippen molar-refractivity contribution in [2.45, 2.75) is 18.9 Å². The summed E-state index contributed by atoms with van der Waals surface area (Å²) in [7, 11) is 3.18. The van der Waals surface area contributed by atoms with Crippen molar-refractivity contribution >= 4 is 0 Å². The first-order valence-corrected chi connectivity index (χ1v) is 6.19. The molecule has 2 aromatic rings. The van der Waals surface area contributed by atoms with Crippen molar-refractivity contribution in [1.82, 2.24) is 20.1 Å². The molecular formula is C12H17N5O3. The zero-order valence-corrected chi connectivity index (χ0v) is 11.4. The molecule has 0 radical (unpaired) electrons.